The van der Waals surface area contributed by atoms with Crippen molar-refractivity contribution in [2.75, 3.05) is 6.67 Å². The number of nitrogens with zero attached hydrogens (tertiary/aromatic N) is 2. The molecule has 0 saturated carbocycles. The fourth-order valence-electron chi connectivity index (χ4n) is 0.929. The molecule has 0 amide bonds. The topological polar surface area (TPSA) is 55.1 Å². The molecule has 1 aromatic heterocycles. The fourth-order valence-corrected chi connectivity index (χ4v) is 0.929. The Hall–Kier alpha value is -1.23. The highest BCUT2D eigenvalue weighted by atomic mass is 19.1. The summed E-state index contributed by atoms with van der Waals surface area (Å²) in [6, 6.07) is 1.63. The van der Waals surface area contributed by atoms with Crippen molar-refractivity contribution in [3.63, 3.8) is 0 Å². The predicted octanol–water partition coefficient (Wildman–Crippen LogP) is -0.118. The average Bonchev–Trinajstić information content (AvgIpc) is 2.09. The number of halogens is 1. The lowest BCUT2D eigenvalue weighted by molar-refractivity contribution is 0.120. The van der Waals surface area contributed by atoms with Gasteiger partial charge in [-0.2, -0.15) is 4.98 Å². The highest BCUT2D eigenvalue weighted by Gasteiger charge is 2.05. The van der Waals surface area contributed by atoms with E-state index in [2.05, 4.69) is 4.98 Å². The molecule has 1 unspecified atom stereocenters. The first kappa shape index (κ1) is 9.85. The highest BCUT2D eigenvalue weighted by molar-refractivity contribution is 4.95. The maximum absolute atomic E-state index is 11.9. The third-order valence-corrected chi connectivity index (χ3v) is 1.60. The molecule has 5 heteroatoms. The second-order valence-corrected chi connectivity index (χ2v) is 2.81. The van der Waals surface area contributed by atoms with Gasteiger partial charge in [-0.1, -0.05) is 0 Å². The first-order valence-corrected chi connectivity index (χ1v) is 3.91. The van der Waals surface area contributed by atoms with Crippen LogP contribution in [-0.4, -0.2) is 27.4 Å². The SMILES string of the molecule is Cc1ccn(CC(O)CF)c(=O)n1. The van der Waals surface area contributed by atoms with Crippen molar-refractivity contribution in [3.05, 3.63) is 28.4 Å². The van der Waals surface area contributed by atoms with Gasteiger partial charge in [0, 0.05) is 11.9 Å². The van der Waals surface area contributed by atoms with Crippen LogP contribution in [0.25, 0.3) is 0 Å². The van der Waals surface area contributed by atoms with Crippen molar-refractivity contribution in [3.8, 4) is 0 Å². The Labute approximate surface area is 74.7 Å². The number of aliphatic hydroxyl groups is 1. The molecule has 0 spiro atoms. The van der Waals surface area contributed by atoms with E-state index in [1.807, 2.05) is 0 Å². The lowest BCUT2D eigenvalue weighted by Gasteiger charge is -2.07. The number of aliphatic hydroxyl groups excluding tert-OH is 1. The minimum atomic E-state index is -1.14. The van der Waals surface area contributed by atoms with E-state index in [4.69, 9.17) is 5.11 Å². The fraction of sp³-hybridized carbons (Fsp3) is 0.500. The van der Waals surface area contributed by atoms with Crippen LogP contribution in [0.15, 0.2) is 17.1 Å². The van der Waals surface area contributed by atoms with Gasteiger partial charge in [0.1, 0.15) is 12.8 Å². The molecule has 1 heterocycles. The lowest BCUT2D eigenvalue weighted by Crippen LogP contribution is -2.29. The van der Waals surface area contributed by atoms with Crippen LogP contribution in [0.5, 0.6) is 0 Å². The molecule has 1 rings (SSSR count). The van der Waals surface area contributed by atoms with Crippen LogP contribution >= 0.6 is 0 Å². The molecule has 72 valence electrons. The standard InChI is InChI=1S/C8H11FN2O2/c1-6-2-3-11(8(13)10-6)5-7(12)4-9/h2-3,7,12H,4-5H2,1H3. The van der Waals surface area contributed by atoms with Gasteiger partial charge in [0.15, 0.2) is 0 Å². The quantitative estimate of drug-likeness (QED) is 0.716. The minimum absolute atomic E-state index is 0.0530. The molecule has 0 saturated heterocycles. The molecule has 0 aliphatic carbocycles. The minimum Gasteiger partial charge on any atom is -0.389 e. The van der Waals surface area contributed by atoms with Crippen molar-refractivity contribution in [2.45, 2.75) is 19.6 Å². The molecule has 0 bridgehead atoms. The van der Waals surface area contributed by atoms with Crippen molar-refractivity contribution >= 4 is 0 Å². The maximum Gasteiger partial charge on any atom is 0.347 e. The number of aromatic nitrogens is 2. The van der Waals surface area contributed by atoms with E-state index >= 15 is 0 Å². The second-order valence-electron chi connectivity index (χ2n) is 2.81. The summed E-state index contributed by atoms with van der Waals surface area (Å²) in [5.41, 5.74) is 0.142. The molecule has 1 atom stereocenters. The summed E-state index contributed by atoms with van der Waals surface area (Å²) < 4.78 is 13.1. The molecule has 0 aliphatic heterocycles. The summed E-state index contributed by atoms with van der Waals surface area (Å²) in [5.74, 6) is 0. The first-order chi connectivity index (χ1) is 6.13. The number of rotatable bonds is 3. The summed E-state index contributed by atoms with van der Waals surface area (Å²) >= 11 is 0. The van der Waals surface area contributed by atoms with E-state index in [1.165, 1.54) is 10.8 Å². The zero-order valence-electron chi connectivity index (χ0n) is 7.27. The number of alkyl halides is 1. The Kier molecular flexibility index (Phi) is 3.13. The van der Waals surface area contributed by atoms with E-state index in [0.717, 1.165) is 0 Å². The number of hydrogen-bond acceptors (Lipinski definition) is 3. The molecule has 1 N–H and O–H groups in total. The van der Waals surface area contributed by atoms with Crippen LogP contribution in [0.1, 0.15) is 5.69 Å². The van der Waals surface area contributed by atoms with Gasteiger partial charge in [-0.15, -0.1) is 0 Å². The monoisotopic (exact) mass is 186 g/mol. The van der Waals surface area contributed by atoms with Crippen molar-refractivity contribution in [2.24, 2.45) is 0 Å². The smallest absolute Gasteiger partial charge is 0.347 e. The Morgan fingerprint density at radius 2 is 2.46 bits per heavy atom. The van der Waals surface area contributed by atoms with Crippen LogP contribution in [0.4, 0.5) is 4.39 Å². The van der Waals surface area contributed by atoms with Crippen LogP contribution in [0.3, 0.4) is 0 Å². The molecule has 0 aliphatic rings. The lowest BCUT2D eigenvalue weighted by atomic mass is 10.4. The van der Waals surface area contributed by atoms with Crippen LogP contribution in [-0.2, 0) is 6.54 Å². The van der Waals surface area contributed by atoms with Gasteiger partial charge >= 0.3 is 5.69 Å². The van der Waals surface area contributed by atoms with E-state index in [9.17, 15) is 9.18 Å². The molecule has 1 aromatic rings. The average molecular weight is 186 g/mol. The Bertz CT molecular complexity index is 337. The van der Waals surface area contributed by atoms with Crippen molar-refractivity contribution in [1.82, 2.24) is 9.55 Å². The number of hydrogen-bond donors (Lipinski definition) is 1. The summed E-state index contributed by atoms with van der Waals surface area (Å²) in [7, 11) is 0. The van der Waals surface area contributed by atoms with Crippen LogP contribution in [0, 0.1) is 6.92 Å². The van der Waals surface area contributed by atoms with Gasteiger partial charge < -0.3 is 5.11 Å². The summed E-state index contributed by atoms with van der Waals surface area (Å²) in [4.78, 5) is 14.7. The third-order valence-electron chi connectivity index (χ3n) is 1.60. The van der Waals surface area contributed by atoms with Crippen molar-refractivity contribution in [1.29, 1.82) is 0 Å². The van der Waals surface area contributed by atoms with Gasteiger partial charge in [0.05, 0.1) is 6.54 Å². The molecule has 0 fully saturated rings. The summed E-state index contributed by atoms with van der Waals surface area (Å²) in [5, 5.41) is 8.94. The maximum atomic E-state index is 11.9. The van der Waals surface area contributed by atoms with Gasteiger partial charge in [0.25, 0.3) is 0 Å². The first-order valence-electron chi connectivity index (χ1n) is 3.91. The van der Waals surface area contributed by atoms with Gasteiger partial charge in [-0.3, -0.25) is 4.57 Å². The molecular weight excluding hydrogens is 175 g/mol. The van der Waals surface area contributed by atoms with E-state index in [0.29, 0.717) is 5.69 Å². The van der Waals surface area contributed by atoms with E-state index < -0.39 is 18.5 Å². The van der Waals surface area contributed by atoms with Crippen LogP contribution < -0.4 is 5.69 Å². The second kappa shape index (κ2) is 4.13. The summed E-state index contributed by atoms with van der Waals surface area (Å²) in [6.07, 6.45) is 0.353. The summed E-state index contributed by atoms with van der Waals surface area (Å²) in [6.45, 7) is 0.778. The zero-order chi connectivity index (χ0) is 9.84. The highest BCUT2D eigenvalue weighted by Crippen LogP contribution is 1.91. The van der Waals surface area contributed by atoms with Crippen molar-refractivity contribution < 1.29 is 9.50 Å². The van der Waals surface area contributed by atoms with Gasteiger partial charge in [0.2, 0.25) is 0 Å². The van der Waals surface area contributed by atoms with Gasteiger partial charge in [-0.05, 0) is 13.0 Å². The Balaban J connectivity index is 2.84. The molecule has 4 nitrogen and oxygen atoms in total. The van der Waals surface area contributed by atoms with E-state index in [1.54, 1.807) is 13.0 Å². The zero-order valence-corrected chi connectivity index (χ0v) is 7.27. The Morgan fingerprint density at radius 3 is 3.00 bits per heavy atom. The molecular formula is C8H11FN2O2. The number of aryl methyl sites for hydroxylation is 1. The molecule has 0 radical (unpaired) electrons. The third kappa shape index (κ3) is 2.62. The largest absolute Gasteiger partial charge is 0.389 e. The molecule has 0 aromatic carbocycles. The normalized spacial score (nSPS) is 12.8. The van der Waals surface area contributed by atoms with Gasteiger partial charge in [-0.25, -0.2) is 9.18 Å². The predicted molar refractivity (Wildman–Crippen MR) is 45.2 cm³/mol. The van der Waals surface area contributed by atoms with E-state index in [-0.39, 0.29) is 6.54 Å². The molecule has 13 heavy (non-hydrogen) atoms. The van der Waals surface area contributed by atoms with Crippen LogP contribution in [0.2, 0.25) is 0 Å². The Morgan fingerprint density at radius 1 is 1.77 bits per heavy atom.